The third-order valence-corrected chi connectivity index (χ3v) is 4.23. The number of pyridine rings is 1. The van der Waals surface area contributed by atoms with Crippen molar-refractivity contribution >= 4 is 33.5 Å². The van der Waals surface area contributed by atoms with E-state index in [0.29, 0.717) is 6.54 Å². The number of nitrogens with zero attached hydrogens (tertiary/aromatic N) is 1. The van der Waals surface area contributed by atoms with Crippen LogP contribution in [0.3, 0.4) is 0 Å². The fourth-order valence-corrected chi connectivity index (χ4v) is 2.83. The Hall–Kier alpha value is -1.72. The van der Waals surface area contributed by atoms with Crippen LogP contribution in [0.4, 0.5) is 5.82 Å². The summed E-state index contributed by atoms with van der Waals surface area (Å²) in [4.78, 5) is 5.36. The zero-order valence-corrected chi connectivity index (χ0v) is 13.5. The molecule has 2 aromatic heterocycles. The van der Waals surface area contributed by atoms with Gasteiger partial charge in [-0.2, -0.15) is 0 Å². The summed E-state index contributed by atoms with van der Waals surface area (Å²) in [6.45, 7) is 0.623. The first kappa shape index (κ1) is 14.2. The van der Waals surface area contributed by atoms with Gasteiger partial charge < -0.3 is 9.73 Å². The van der Waals surface area contributed by atoms with Crippen molar-refractivity contribution in [1.82, 2.24) is 4.98 Å². The maximum Gasteiger partial charge on any atom is 0.165 e. The van der Waals surface area contributed by atoms with Crippen molar-refractivity contribution in [3.8, 4) is 0 Å². The smallest absolute Gasteiger partial charge is 0.165 e. The number of rotatable bonds is 5. The molecule has 2 heterocycles. The van der Waals surface area contributed by atoms with Crippen LogP contribution >= 0.6 is 27.7 Å². The first-order chi connectivity index (χ1) is 10.3. The molecule has 0 unspecified atom stereocenters. The van der Waals surface area contributed by atoms with E-state index in [2.05, 4.69) is 38.4 Å². The highest BCUT2D eigenvalue weighted by Crippen LogP contribution is 2.30. The average Bonchev–Trinajstić information content (AvgIpc) is 2.96. The normalized spacial score (nSPS) is 10.5. The third kappa shape index (κ3) is 4.12. The van der Waals surface area contributed by atoms with Gasteiger partial charge in [0.15, 0.2) is 5.09 Å². The van der Waals surface area contributed by atoms with Crippen molar-refractivity contribution in [1.29, 1.82) is 0 Å². The minimum absolute atomic E-state index is 0.623. The summed E-state index contributed by atoms with van der Waals surface area (Å²) in [6, 6.07) is 17.9. The monoisotopic (exact) mass is 360 g/mol. The Labute approximate surface area is 135 Å². The quantitative estimate of drug-likeness (QED) is 0.678. The summed E-state index contributed by atoms with van der Waals surface area (Å²) in [5, 5.41) is 4.11. The molecule has 0 fully saturated rings. The molecule has 106 valence electrons. The lowest BCUT2D eigenvalue weighted by Crippen LogP contribution is -1.99. The van der Waals surface area contributed by atoms with Crippen molar-refractivity contribution < 1.29 is 4.42 Å². The third-order valence-electron chi connectivity index (χ3n) is 2.78. The van der Waals surface area contributed by atoms with Crippen LogP contribution in [0.15, 0.2) is 79.7 Å². The molecule has 3 nitrogen and oxygen atoms in total. The van der Waals surface area contributed by atoms with E-state index in [1.165, 1.54) is 0 Å². The number of aromatic nitrogens is 1. The Kier molecular flexibility index (Phi) is 4.62. The highest BCUT2D eigenvalue weighted by Gasteiger charge is 2.04. The minimum Gasteiger partial charge on any atom is -0.453 e. The first-order valence-electron chi connectivity index (χ1n) is 6.47. The fourth-order valence-electron chi connectivity index (χ4n) is 1.77. The topological polar surface area (TPSA) is 38.1 Å². The number of nitrogens with one attached hydrogen (secondary N) is 1. The molecule has 0 amide bonds. The zero-order valence-electron chi connectivity index (χ0n) is 11.1. The van der Waals surface area contributed by atoms with Crippen LogP contribution in [0.5, 0.6) is 0 Å². The van der Waals surface area contributed by atoms with Crippen LogP contribution in [0.2, 0.25) is 0 Å². The largest absolute Gasteiger partial charge is 0.453 e. The maximum atomic E-state index is 5.80. The van der Waals surface area contributed by atoms with E-state index in [0.717, 1.165) is 26.0 Å². The van der Waals surface area contributed by atoms with Gasteiger partial charge in [-0.3, -0.25) is 0 Å². The number of halogens is 1. The summed E-state index contributed by atoms with van der Waals surface area (Å²) in [6.07, 6.45) is 1.76. The van der Waals surface area contributed by atoms with Crippen molar-refractivity contribution in [2.75, 3.05) is 5.32 Å². The van der Waals surface area contributed by atoms with Gasteiger partial charge in [0.05, 0.1) is 6.54 Å². The Morgan fingerprint density at radius 3 is 2.67 bits per heavy atom. The molecule has 0 aliphatic carbocycles. The molecule has 5 heteroatoms. The van der Waals surface area contributed by atoms with E-state index >= 15 is 0 Å². The number of furan rings is 1. The van der Waals surface area contributed by atoms with Gasteiger partial charge in [0, 0.05) is 15.6 Å². The molecule has 3 rings (SSSR count). The molecule has 1 aromatic carbocycles. The van der Waals surface area contributed by atoms with Gasteiger partial charge >= 0.3 is 0 Å². The lowest BCUT2D eigenvalue weighted by atomic mass is 10.4. The summed E-state index contributed by atoms with van der Waals surface area (Å²) in [5.41, 5.74) is 0. The van der Waals surface area contributed by atoms with Crippen LogP contribution in [0, 0.1) is 0 Å². The van der Waals surface area contributed by atoms with Crippen molar-refractivity contribution in [2.45, 2.75) is 16.5 Å². The van der Waals surface area contributed by atoms with E-state index in [4.69, 9.17) is 4.42 Å². The summed E-state index contributed by atoms with van der Waals surface area (Å²) in [5.74, 6) is 1.73. The molecule has 0 spiro atoms. The fraction of sp³-hybridized carbons (Fsp3) is 0.0625. The first-order valence-corrected chi connectivity index (χ1v) is 8.07. The number of hydrogen-bond donors (Lipinski definition) is 1. The molecular formula is C16H13BrN2OS. The van der Waals surface area contributed by atoms with Crippen LogP contribution in [0.25, 0.3) is 0 Å². The number of anilines is 1. The van der Waals surface area contributed by atoms with Crippen LogP contribution < -0.4 is 5.32 Å². The van der Waals surface area contributed by atoms with Gasteiger partial charge in [-0.15, -0.1) is 0 Å². The highest BCUT2D eigenvalue weighted by atomic mass is 79.9. The average molecular weight is 361 g/mol. The SMILES string of the molecule is Brc1ccc(Sc2ccc(CNc3ccccn3)o2)cc1. The number of benzene rings is 1. The zero-order chi connectivity index (χ0) is 14.5. The summed E-state index contributed by atoms with van der Waals surface area (Å²) >= 11 is 5.04. The second-order valence-corrected chi connectivity index (χ2v) is 6.34. The summed E-state index contributed by atoms with van der Waals surface area (Å²) in [7, 11) is 0. The minimum atomic E-state index is 0.623. The molecular weight excluding hydrogens is 348 g/mol. The lowest BCUT2D eigenvalue weighted by Gasteiger charge is -2.02. The molecule has 0 atom stereocenters. The lowest BCUT2D eigenvalue weighted by molar-refractivity contribution is 0.437. The standard InChI is InChI=1S/C16H13BrN2OS/c17-12-4-7-14(8-5-12)21-16-9-6-13(20-16)11-19-15-3-1-2-10-18-15/h1-10H,11H2,(H,18,19). The Bertz CT molecular complexity index is 698. The van der Waals surface area contributed by atoms with Gasteiger partial charge in [0.2, 0.25) is 0 Å². The van der Waals surface area contributed by atoms with Gasteiger partial charge in [-0.05, 0) is 48.5 Å². The predicted molar refractivity (Wildman–Crippen MR) is 88.5 cm³/mol. The predicted octanol–water partition coefficient (Wildman–Crippen LogP) is 5.20. The van der Waals surface area contributed by atoms with Gasteiger partial charge in [-0.25, -0.2) is 4.98 Å². The molecule has 0 aliphatic rings. The van der Waals surface area contributed by atoms with E-state index in [1.807, 2.05) is 42.5 Å². The van der Waals surface area contributed by atoms with Gasteiger partial charge in [0.25, 0.3) is 0 Å². The molecule has 3 aromatic rings. The number of hydrogen-bond acceptors (Lipinski definition) is 4. The van der Waals surface area contributed by atoms with E-state index in [-0.39, 0.29) is 0 Å². The molecule has 1 N–H and O–H groups in total. The van der Waals surface area contributed by atoms with Crippen LogP contribution in [-0.2, 0) is 6.54 Å². The van der Waals surface area contributed by atoms with Gasteiger partial charge in [0.1, 0.15) is 11.6 Å². The Morgan fingerprint density at radius 2 is 1.90 bits per heavy atom. The Morgan fingerprint density at radius 1 is 1.05 bits per heavy atom. The van der Waals surface area contributed by atoms with Crippen molar-refractivity contribution in [3.05, 3.63) is 71.0 Å². The Balaban J connectivity index is 1.59. The van der Waals surface area contributed by atoms with Crippen LogP contribution in [-0.4, -0.2) is 4.98 Å². The molecule has 0 aliphatic heterocycles. The van der Waals surface area contributed by atoms with E-state index < -0.39 is 0 Å². The van der Waals surface area contributed by atoms with E-state index in [1.54, 1.807) is 18.0 Å². The molecule has 0 saturated carbocycles. The van der Waals surface area contributed by atoms with Crippen molar-refractivity contribution in [2.24, 2.45) is 0 Å². The molecule has 21 heavy (non-hydrogen) atoms. The second kappa shape index (κ2) is 6.83. The van der Waals surface area contributed by atoms with Gasteiger partial charge in [-0.1, -0.05) is 33.8 Å². The maximum absolute atomic E-state index is 5.80. The second-order valence-electron chi connectivity index (χ2n) is 4.35. The molecule has 0 bridgehead atoms. The summed E-state index contributed by atoms with van der Waals surface area (Å²) < 4.78 is 6.88. The van der Waals surface area contributed by atoms with Crippen molar-refractivity contribution in [3.63, 3.8) is 0 Å². The molecule has 0 radical (unpaired) electrons. The molecule has 0 saturated heterocycles. The highest BCUT2D eigenvalue weighted by molar-refractivity contribution is 9.10. The van der Waals surface area contributed by atoms with E-state index in [9.17, 15) is 0 Å². The van der Waals surface area contributed by atoms with Crippen LogP contribution in [0.1, 0.15) is 5.76 Å².